The maximum absolute atomic E-state index is 12.1. The monoisotopic (exact) mass is 416 g/mol. The lowest BCUT2D eigenvalue weighted by molar-refractivity contribution is -0.132. The molecular weight excluding hydrogens is 400 g/mol. The zero-order valence-electron chi connectivity index (χ0n) is 15.6. The van der Waals surface area contributed by atoms with Crippen molar-refractivity contribution in [3.63, 3.8) is 0 Å². The van der Waals surface area contributed by atoms with Crippen LogP contribution in [-0.2, 0) is 9.59 Å². The molecule has 0 amide bonds. The molecule has 0 aliphatic carbocycles. The number of aliphatic carboxylic acids is 2. The van der Waals surface area contributed by atoms with Crippen LogP contribution >= 0.6 is 11.7 Å². The Kier molecular flexibility index (Phi) is 5.64. The average molecular weight is 416 g/mol. The van der Waals surface area contributed by atoms with E-state index in [9.17, 15) is 19.8 Å². The van der Waals surface area contributed by atoms with Crippen molar-refractivity contribution in [1.82, 2.24) is 8.75 Å². The predicted octanol–water partition coefficient (Wildman–Crippen LogP) is 2.80. The van der Waals surface area contributed by atoms with Gasteiger partial charge in [-0.1, -0.05) is 6.07 Å². The van der Waals surface area contributed by atoms with E-state index in [0.717, 1.165) is 11.7 Å². The van der Waals surface area contributed by atoms with Crippen molar-refractivity contribution >= 4 is 45.8 Å². The molecule has 0 radical (unpaired) electrons. The number of carboxylic acid groups (broad SMARTS) is 2. The molecule has 9 nitrogen and oxygen atoms in total. The summed E-state index contributed by atoms with van der Waals surface area (Å²) in [5.41, 5.74) is 0.500. The van der Waals surface area contributed by atoms with E-state index in [1.165, 1.54) is 45.6 Å². The van der Waals surface area contributed by atoms with Crippen molar-refractivity contribution < 1.29 is 34.0 Å². The molecule has 0 fully saturated rings. The standard InChI is InChI=1S/C19H16N2O7S/c1-26-13-7-10(8-14(27-2)17(13)28-3)16(19(24)25)15(18(22)23)9-4-5-11-12(6-9)21-29-20-11/h4-8H,1-3H3,(H,22,23)(H,24,25)/b16-15-. The first-order valence-corrected chi connectivity index (χ1v) is 8.88. The van der Waals surface area contributed by atoms with Crippen molar-refractivity contribution in [2.24, 2.45) is 0 Å². The lowest BCUT2D eigenvalue weighted by Crippen LogP contribution is -2.10. The van der Waals surface area contributed by atoms with Crippen LogP contribution in [0.15, 0.2) is 30.3 Å². The average Bonchev–Trinajstić information content (AvgIpc) is 3.17. The number of carboxylic acids is 2. The topological polar surface area (TPSA) is 128 Å². The lowest BCUT2D eigenvalue weighted by atomic mass is 9.93. The quantitative estimate of drug-likeness (QED) is 0.441. The first-order valence-electron chi connectivity index (χ1n) is 8.15. The summed E-state index contributed by atoms with van der Waals surface area (Å²) in [6.07, 6.45) is 0. The first-order chi connectivity index (χ1) is 13.9. The highest BCUT2D eigenvalue weighted by molar-refractivity contribution is 7.00. The van der Waals surface area contributed by atoms with Gasteiger partial charge >= 0.3 is 11.9 Å². The summed E-state index contributed by atoms with van der Waals surface area (Å²) < 4.78 is 23.9. The number of fused-ring (bicyclic) bond motifs is 1. The van der Waals surface area contributed by atoms with Gasteiger partial charge in [-0.3, -0.25) is 0 Å². The van der Waals surface area contributed by atoms with E-state index in [1.807, 2.05) is 0 Å². The Morgan fingerprint density at radius 1 is 0.793 bits per heavy atom. The van der Waals surface area contributed by atoms with Gasteiger partial charge in [0.25, 0.3) is 0 Å². The molecule has 150 valence electrons. The summed E-state index contributed by atoms with van der Waals surface area (Å²) in [5, 5.41) is 19.7. The Bertz CT molecular complexity index is 1110. The third kappa shape index (κ3) is 3.69. The van der Waals surface area contributed by atoms with Gasteiger partial charge < -0.3 is 24.4 Å². The van der Waals surface area contributed by atoms with Crippen LogP contribution in [0.3, 0.4) is 0 Å². The number of nitrogens with zero attached hydrogens (tertiary/aromatic N) is 2. The number of hydrogen-bond acceptors (Lipinski definition) is 8. The van der Waals surface area contributed by atoms with Gasteiger partial charge in [0.15, 0.2) is 11.5 Å². The SMILES string of the molecule is COc1cc(/C(C(=O)O)=C(/C(=O)O)c2ccc3nsnc3c2)cc(OC)c1OC. The normalized spacial score (nSPS) is 11.7. The second-order valence-corrected chi connectivity index (χ2v) is 6.27. The van der Waals surface area contributed by atoms with Crippen LogP contribution in [-0.4, -0.2) is 52.2 Å². The largest absolute Gasteiger partial charge is 0.493 e. The molecule has 3 aromatic rings. The Labute approximate surface area is 169 Å². The van der Waals surface area contributed by atoms with Crippen LogP contribution in [0.2, 0.25) is 0 Å². The Morgan fingerprint density at radius 3 is 1.86 bits per heavy atom. The third-order valence-corrected chi connectivity index (χ3v) is 4.73. The fraction of sp³-hybridized carbons (Fsp3) is 0.158. The van der Waals surface area contributed by atoms with Crippen LogP contribution in [0.5, 0.6) is 17.2 Å². The van der Waals surface area contributed by atoms with E-state index in [2.05, 4.69) is 8.75 Å². The molecular formula is C19H16N2O7S. The number of hydrogen-bond donors (Lipinski definition) is 2. The van der Waals surface area contributed by atoms with E-state index in [-0.39, 0.29) is 28.4 Å². The van der Waals surface area contributed by atoms with E-state index >= 15 is 0 Å². The number of methoxy groups -OCH3 is 3. The molecule has 0 spiro atoms. The highest BCUT2D eigenvalue weighted by Gasteiger charge is 2.26. The molecule has 2 N–H and O–H groups in total. The zero-order valence-corrected chi connectivity index (χ0v) is 16.4. The van der Waals surface area contributed by atoms with Gasteiger partial charge in [-0.2, -0.15) is 8.75 Å². The zero-order chi connectivity index (χ0) is 21.1. The highest BCUT2D eigenvalue weighted by atomic mass is 32.1. The van der Waals surface area contributed by atoms with Crippen LogP contribution in [0, 0.1) is 0 Å². The highest BCUT2D eigenvalue weighted by Crippen LogP contribution is 2.41. The molecule has 0 unspecified atom stereocenters. The molecule has 0 aliphatic rings. The minimum absolute atomic E-state index is 0.0842. The smallest absolute Gasteiger partial charge is 0.337 e. The van der Waals surface area contributed by atoms with Gasteiger partial charge in [-0.25, -0.2) is 9.59 Å². The van der Waals surface area contributed by atoms with Gasteiger partial charge in [0.1, 0.15) is 11.0 Å². The van der Waals surface area contributed by atoms with Gasteiger partial charge in [0, 0.05) is 0 Å². The molecule has 1 aromatic heterocycles. The van der Waals surface area contributed by atoms with Crippen LogP contribution in [0.4, 0.5) is 0 Å². The van der Waals surface area contributed by atoms with Crippen molar-refractivity contribution in [3.05, 3.63) is 41.5 Å². The number of carbonyl (C=O) groups is 2. The molecule has 0 atom stereocenters. The molecule has 10 heteroatoms. The lowest BCUT2D eigenvalue weighted by Gasteiger charge is -2.16. The molecule has 0 bridgehead atoms. The van der Waals surface area contributed by atoms with Gasteiger partial charge in [0.2, 0.25) is 5.75 Å². The Morgan fingerprint density at radius 2 is 1.34 bits per heavy atom. The molecule has 3 rings (SSSR count). The fourth-order valence-electron chi connectivity index (χ4n) is 2.91. The summed E-state index contributed by atoms with van der Waals surface area (Å²) in [4.78, 5) is 24.2. The molecule has 2 aromatic carbocycles. The fourth-order valence-corrected chi connectivity index (χ4v) is 3.43. The van der Waals surface area contributed by atoms with Gasteiger partial charge in [-0.15, -0.1) is 0 Å². The third-order valence-electron chi connectivity index (χ3n) is 4.17. The summed E-state index contributed by atoms with van der Waals surface area (Å²) in [5.74, 6) is -2.17. The van der Waals surface area contributed by atoms with E-state index in [4.69, 9.17) is 14.2 Å². The number of ether oxygens (including phenoxy) is 3. The maximum Gasteiger partial charge on any atom is 0.337 e. The van der Waals surface area contributed by atoms with Crippen LogP contribution in [0.25, 0.3) is 22.2 Å². The van der Waals surface area contributed by atoms with E-state index in [0.29, 0.717) is 11.0 Å². The minimum Gasteiger partial charge on any atom is -0.493 e. The Balaban J connectivity index is 2.34. The predicted molar refractivity (Wildman–Crippen MR) is 106 cm³/mol. The molecule has 29 heavy (non-hydrogen) atoms. The van der Waals surface area contributed by atoms with E-state index in [1.54, 1.807) is 6.07 Å². The molecule has 0 saturated carbocycles. The van der Waals surface area contributed by atoms with Crippen LogP contribution < -0.4 is 14.2 Å². The minimum atomic E-state index is -1.42. The van der Waals surface area contributed by atoms with Crippen molar-refractivity contribution in [1.29, 1.82) is 0 Å². The number of rotatable bonds is 7. The summed E-state index contributed by atoms with van der Waals surface area (Å²) in [6, 6.07) is 7.34. The van der Waals surface area contributed by atoms with Crippen molar-refractivity contribution in [3.8, 4) is 17.2 Å². The Hall–Kier alpha value is -3.66. The summed E-state index contributed by atoms with van der Waals surface area (Å²) in [6.45, 7) is 0. The molecule has 1 heterocycles. The summed E-state index contributed by atoms with van der Waals surface area (Å²) >= 11 is 0.980. The van der Waals surface area contributed by atoms with Crippen molar-refractivity contribution in [2.45, 2.75) is 0 Å². The number of aromatic nitrogens is 2. The number of benzene rings is 2. The van der Waals surface area contributed by atoms with Gasteiger partial charge in [-0.05, 0) is 35.4 Å². The van der Waals surface area contributed by atoms with Crippen molar-refractivity contribution in [2.75, 3.05) is 21.3 Å². The van der Waals surface area contributed by atoms with Gasteiger partial charge in [0.05, 0.1) is 44.2 Å². The molecule has 0 aliphatic heterocycles. The van der Waals surface area contributed by atoms with E-state index < -0.39 is 23.1 Å². The molecule has 0 saturated heterocycles. The first kappa shape index (κ1) is 20.1. The second-order valence-electron chi connectivity index (χ2n) is 5.74. The van der Waals surface area contributed by atoms with Crippen LogP contribution in [0.1, 0.15) is 11.1 Å². The maximum atomic E-state index is 12.1. The second kappa shape index (κ2) is 8.15. The summed E-state index contributed by atoms with van der Waals surface area (Å²) in [7, 11) is 4.17.